The molecule has 0 radical (unpaired) electrons. The van der Waals surface area contributed by atoms with Crippen LogP contribution in [0.25, 0.3) is 0 Å². The lowest BCUT2D eigenvalue weighted by atomic mass is 9.82. The van der Waals surface area contributed by atoms with Crippen LogP contribution in [0.3, 0.4) is 0 Å². The van der Waals surface area contributed by atoms with E-state index in [1.165, 1.54) is 37.7 Å². The van der Waals surface area contributed by atoms with Crippen molar-refractivity contribution in [2.45, 2.75) is 57.0 Å². The van der Waals surface area contributed by atoms with Crippen LogP contribution in [0.2, 0.25) is 0 Å². The van der Waals surface area contributed by atoms with Crippen LogP contribution in [-0.4, -0.2) is 49.3 Å². The Morgan fingerprint density at radius 2 is 1.88 bits per heavy atom. The summed E-state index contributed by atoms with van der Waals surface area (Å²) < 4.78 is 12.3. The monoisotopic (exact) mass is 355 g/mol. The molecule has 1 aromatic rings. The summed E-state index contributed by atoms with van der Waals surface area (Å²) >= 11 is 0. The summed E-state index contributed by atoms with van der Waals surface area (Å²) in [4.78, 5) is 6.98. The van der Waals surface area contributed by atoms with Gasteiger partial charge in [-0.1, -0.05) is 18.2 Å². The first kappa shape index (κ1) is 16.4. The smallest absolute Gasteiger partial charge is 0.193 e. The van der Waals surface area contributed by atoms with Crippen LogP contribution in [0, 0.1) is 11.8 Å². The van der Waals surface area contributed by atoms with Crippen molar-refractivity contribution in [3.8, 4) is 5.75 Å². The van der Waals surface area contributed by atoms with Gasteiger partial charge in [0.05, 0.1) is 18.3 Å². The van der Waals surface area contributed by atoms with E-state index >= 15 is 0 Å². The molecule has 5 nitrogen and oxygen atoms in total. The van der Waals surface area contributed by atoms with E-state index in [2.05, 4.69) is 39.5 Å². The van der Waals surface area contributed by atoms with Crippen LogP contribution in [0.5, 0.6) is 5.75 Å². The van der Waals surface area contributed by atoms with Crippen molar-refractivity contribution >= 4 is 5.96 Å². The van der Waals surface area contributed by atoms with Crippen LogP contribution >= 0.6 is 0 Å². The molecule has 4 atom stereocenters. The fourth-order valence-corrected chi connectivity index (χ4v) is 5.07. The second-order valence-corrected chi connectivity index (χ2v) is 8.20. The molecule has 4 fully saturated rings. The third-order valence-electron chi connectivity index (χ3n) is 6.72. The zero-order valence-corrected chi connectivity index (χ0v) is 15.6. The molecular formula is C21H29N3O2. The summed E-state index contributed by atoms with van der Waals surface area (Å²) in [6.45, 7) is 2.90. The fraction of sp³-hybridized carbons (Fsp3) is 0.667. The molecule has 0 spiro atoms. The molecule has 2 bridgehead atoms. The van der Waals surface area contributed by atoms with Gasteiger partial charge in [0.2, 0.25) is 0 Å². The fourth-order valence-electron chi connectivity index (χ4n) is 5.07. The highest BCUT2D eigenvalue weighted by Crippen LogP contribution is 2.47. The van der Waals surface area contributed by atoms with Crippen molar-refractivity contribution in [2.75, 3.05) is 20.1 Å². The van der Waals surface area contributed by atoms with Gasteiger partial charge in [-0.2, -0.15) is 0 Å². The van der Waals surface area contributed by atoms with Crippen molar-refractivity contribution in [3.05, 3.63) is 29.8 Å². The van der Waals surface area contributed by atoms with Gasteiger partial charge in [-0.05, 0) is 38.2 Å². The second kappa shape index (κ2) is 6.76. The van der Waals surface area contributed by atoms with Gasteiger partial charge < -0.3 is 19.7 Å². The average molecular weight is 355 g/mol. The minimum atomic E-state index is 0.406. The number of para-hydroxylation sites is 1. The molecule has 4 unspecified atom stereocenters. The number of ether oxygens (including phenoxy) is 2. The summed E-state index contributed by atoms with van der Waals surface area (Å²) in [5.41, 5.74) is 1.21. The first-order valence-corrected chi connectivity index (χ1v) is 10.2. The number of aliphatic imine (C=N–C) groups is 1. The molecule has 1 N–H and O–H groups in total. The molecule has 3 saturated heterocycles. The molecule has 1 aromatic carbocycles. The normalized spacial score (nSPS) is 33.3. The number of likely N-dealkylation sites (tertiary alicyclic amines) is 1. The molecule has 1 saturated carbocycles. The molecule has 0 amide bonds. The maximum atomic E-state index is 6.16. The Hall–Kier alpha value is -1.75. The van der Waals surface area contributed by atoms with Gasteiger partial charge in [0.1, 0.15) is 5.75 Å². The van der Waals surface area contributed by atoms with Gasteiger partial charge in [0, 0.05) is 44.1 Å². The highest BCUT2D eigenvalue weighted by Gasteiger charge is 2.53. The van der Waals surface area contributed by atoms with Gasteiger partial charge in [-0.25, -0.2) is 0 Å². The molecule has 26 heavy (non-hydrogen) atoms. The number of rotatable bonds is 4. The number of hydrogen-bond acceptors (Lipinski definition) is 3. The van der Waals surface area contributed by atoms with Crippen molar-refractivity contribution < 1.29 is 9.47 Å². The van der Waals surface area contributed by atoms with E-state index in [4.69, 9.17) is 9.47 Å². The molecule has 5 rings (SSSR count). The zero-order chi connectivity index (χ0) is 17.5. The van der Waals surface area contributed by atoms with Gasteiger partial charge >= 0.3 is 0 Å². The van der Waals surface area contributed by atoms with Crippen LogP contribution in [-0.2, 0) is 11.3 Å². The Balaban J connectivity index is 1.22. The molecule has 140 valence electrons. The Kier molecular flexibility index (Phi) is 4.27. The van der Waals surface area contributed by atoms with Gasteiger partial charge in [-0.3, -0.25) is 4.99 Å². The lowest BCUT2D eigenvalue weighted by Crippen LogP contribution is -2.41. The maximum Gasteiger partial charge on any atom is 0.193 e. The second-order valence-electron chi connectivity index (χ2n) is 8.20. The topological polar surface area (TPSA) is 46.1 Å². The predicted molar refractivity (Wildman–Crippen MR) is 101 cm³/mol. The lowest BCUT2D eigenvalue weighted by molar-refractivity contribution is 0.0767. The van der Waals surface area contributed by atoms with Crippen LogP contribution < -0.4 is 10.1 Å². The minimum Gasteiger partial charge on any atom is -0.490 e. The van der Waals surface area contributed by atoms with Crippen molar-refractivity contribution in [1.82, 2.24) is 10.2 Å². The SMILES string of the molecule is CN=C(NCc1ccccc1OC1CCC1)N1CC2C3CCC(O3)C2C1. The molecule has 3 heterocycles. The number of hydrogen-bond donors (Lipinski definition) is 1. The van der Waals surface area contributed by atoms with E-state index in [0.717, 1.165) is 31.3 Å². The van der Waals surface area contributed by atoms with Crippen LogP contribution in [0.15, 0.2) is 29.3 Å². The van der Waals surface area contributed by atoms with E-state index in [9.17, 15) is 0 Å². The van der Waals surface area contributed by atoms with E-state index in [1.54, 1.807) is 0 Å². The highest BCUT2D eigenvalue weighted by atomic mass is 16.5. The maximum absolute atomic E-state index is 6.16. The number of fused-ring (bicyclic) bond motifs is 5. The largest absolute Gasteiger partial charge is 0.490 e. The average Bonchev–Trinajstić information content (AvgIpc) is 3.32. The summed E-state index contributed by atoms with van der Waals surface area (Å²) in [5.74, 6) is 3.42. The van der Waals surface area contributed by atoms with Gasteiger partial charge in [-0.15, -0.1) is 0 Å². The number of nitrogens with one attached hydrogen (secondary N) is 1. The highest BCUT2D eigenvalue weighted by molar-refractivity contribution is 5.80. The first-order valence-electron chi connectivity index (χ1n) is 10.2. The Morgan fingerprint density at radius 1 is 1.15 bits per heavy atom. The minimum absolute atomic E-state index is 0.406. The predicted octanol–water partition coefficient (Wildman–Crippen LogP) is 2.80. The van der Waals surface area contributed by atoms with Gasteiger partial charge in [0.25, 0.3) is 0 Å². The van der Waals surface area contributed by atoms with Crippen molar-refractivity contribution in [3.63, 3.8) is 0 Å². The number of benzene rings is 1. The van der Waals surface area contributed by atoms with Crippen molar-refractivity contribution in [1.29, 1.82) is 0 Å². The number of guanidine groups is 1. The molecule has 4 aliphatic rings. The van der Waals surface area contributed by atoms with E-state index in [1.807, 2.05) is 7.05 Å². The van der Waals surface area contributed by atoms with Crippen LogP contribution in [0.4, 0.5) is 0 Å². The van der Waals surface area contributed by atoms with E-state index in [-0.39, 0.29) is 0 Å². The van der Waals surface area contributed by atoms with Gasteiger partial charge in [0.15, 0.2) is 5.96 Å². The molecule has 5 heteroatoms. The van der Waals surface area contributed by atoms with E-state index < -0.39 is 0 Å². The van der Waals surface area contributed by atoms with Crippen molar-refractivity contribution in [2.24, 2.45) is 16.8 Å². The third-order valence-corrected chi connectivity index (χ3v) is 6.72. The van der Waals surface area contributed by atoms with E-state index in [0.29, 0.717) is 30.1 Å². The quantitative estimate of drug-likeness (QED) is 0.666. The molecule has 1 aliphatic carbocycles. The first-order chi connectivity index (χ1) is 12.8. The Labute approximate surface area is 155 Å². The third kappa shape index (κ3) is 2.86. The lowest BCUT2D eigenvalue weighted by Gasteiger charge is -2.28. The summed E-state index contributed by atoms with van der Waals surface area (Å²) in [5, 5.41) is 3.57. The molecular weight excluding hydrogens is 326 g/mol. The summed E-state index contributed by atoms with van der Waals surface area (Å²) in [6.07, 6.45) is 7.54. The molecule has 0 aromatic heterocycles. The Morgan fingerprint density at radius 3 is 2.54 bits per heavy atom. The summed E-state index contributed by atoms with van der Waals surface area (Å²) in [7, 11) is 1.89. The standard InChI is InChI=1S/C21H29N3O2/c1-22-21(24-12-16-17(13-24)20-10-9-19(16)26-20)23-11-14-5-2-3-8-18(14)25-15-6-4-7-15/h2-3,5,8,15-17,19-20H,4,6-7,9-13H2,1H3,(H,22,23). The zero-order valence-electron chi connectivity index (χ0n) is 15.6. The molecule has 3 aliphatic heterocycles. The Bertz CT molecular complexity index is 670. The summed E-state index contributed by atoms with van der Waals surface area (Å²) in [6, 6.07) is 8.39. The number of nitrogens with zero attached hydrogens (tertiary/aromatic N) is 2. The van der Waals surface area contributed by atoms with Crippen LogP contribution in [0.1, 0.15) is 37.7 Å².